The van der Waals surface area contributed by atoms with E-state index in [0.29, 0.717) is 5.56 Å². The number of hydrogen-bond acceptors (Lipinski definition) is 5. The first kappa shape index (κ1) is 15.7. The Bertz CT molecular complexity index is 690. The second-order valence-electron chi connectivity index (χ2n) is 5.06. The highest BCUT2D eigenvalue weighted by atomic mass is 16.8. The number of carbonyl (C=O) groups excluding carboxylic acids is 1. The Morgan fingerprint density at radius 3 is 2.27 bits per heavy atom. The Hall–Kier alpha value is -2.68. The number of nitrogens with zero attached hydrogens (tertiary/aromatic N) is 2. The van der Waals surface area contributed by atoms with E-state index >= 15 is 0 Å². The summed E-state index contributed by atoms with van der Waals surface area (Å²) in [6, 6.07) is 17.2. The number of carbonyl (C=O) groups is 1. The molecule has 1 N–H and O–H groups in total. The first-order valence-electron chi connectivity index (χ1n) is 6.72. The van der Waals surface area contributed by atoms with Gasteiger partial charge in [-0.25, -0.2) is 0 Å². The highest BCUT2D eigenvalue weighted by Gasteiger charge is 2.37. The van der Waals surface area contributed by atoms with E-state index < -0.39 is 5.41 Å². The lowest BCUT2D eigenvalue weighted by molar-refractivity contribution is -0.120. The summed E-state index contributed by atoms with van der Waals surface area (Å²) in [7, 11) is 0. The van der Waals surface area contributed by atoms with Gasteiger partial charge in [-0.3, -0.25) is 10.0 Å². The number of nitriles is 1. The van der Waals surface area contributed by atoms with E-state index in [-0.39, 0.29) is 23.1 Å². The van der Waals surface area contributed by atoms with Crippen molar-refractivity contribution in [3.8, 4) is 6.07 Å². The van der Waals surface area contributed by atoms with Gasteiger partial charge < -0.3 is 10.4 Å². The lowest BCUT2D eigenvalue weighted by atomic mass is 9.74. The number of rotatable bonds is 5. The van der Waals surface area contributed by atoms with E-state index in [9.17, 15) is 15.3 Å². The molecule has 2 rings (SSSR count). The maximum Gasteiger partial charge on any atom is 0.154 e. The predicted octanol–water partition coefficient (Wildman–Crippen LogP) is 2.97. The molecule has 22 heavy (non-hydrogen) atoms. The molecule has 5 nitrogen and oxygen atoms in total. The second kappa shape index (κ2) is 6.39. The van der Waals surface area contributed by atoms with E-state index in [1.54, 1.807) is 36.4 Å². The molecule has 112 valence electrons. The minimum absolute atomic E-state index is 0.0915. The SMILES string of the molecule is CC(=O)C(C#N)(Cc1ccc(N([O-])O)cc1)c1ccccc1. The van der Waals surface area contributed by atoms with E-state index in [2.05, 4.69) is 6.07 Å². The van der Waals surface area contributed by atoms with Crippen LogP contribution in [-0.4, -0.2) is 11.0 Å². The number of benzene rings is 2. The van der Waals surface area contributed by atoms with Crippen molar-refractivity contribution in [1.82, 2.24) is 0 Å². The molecule has 0 heterocycles. The van der Waals surface area contributed by atoms with E-state index in [4.69, 9.17) is 5.21 Å². The largest absolute Gasteiger partial charge is 0.733 e. The van der Waals surface area contributed by atoms with Crippen LogP contribution in [0.1, 0.15) is 18.1 Å². The molecule has 0 fully saturated rings. The monoisotopic (exact) mass is 295 g/mol. The summed E-state index contributed by atoms with van der Waals surface area (Å²) in [5, 5.41) is 29.0. The van der Waals surface area contributed by atoms with Crippen molar-refractivity contribution in [2.45, 2.75) is 18.8 Å². The fourth-order valence-corrected chi connectivity index (χ4v) is 2.38. The summed E-state index contributed by atoms with van der Waals surface area (Å²) >= 11 is 0. The molecule has 0 aliphatic heterocycles. The van der Waals surface area contributed by atoms with Crippen LogP contribution in [-0.2, 0) is 16.6 Å². The molecule has 5 heteroatoms. The molecule has 0 saturated heterocycles. The topological polar surface area (TPSA) is 87.4 Å². The number of Topliss-reactive ketones (excluding diaryl/α,β-unsaturated/α-hetero) is 1. The standard InChI is InChI=1S/C17H15N2O3/c1-13(20)17(12-18,15-5-3-2-4-6-15)11-14-7-9-16(10-8-14)19(21)22/h2-10,21H,11H2,1H3/q-1. The van der Waals surface area contributed by atoms with Gasteiger partial charge >= 0.3 is 0 Å². The molecule has 2 aromatic rings. The predicted molar refractivity (Wildman–Crippen MR) is 82.2 cm³/mol. The lowest BCUT2D eigenvalue weighted by Gasteiger charge is -2.25. The molecule has 0 bridgehead atoms. The van der Waals surface area contributed by atoms with Crippen LogP contribution < -0.4 is 5.23 Å². The summed E-state index contributed by atoms with van der Waals surface area (Å²) in [5.74, 6) is -0.238. The second-order valence-corrected chi connectivity index (χ2v) is 5.06. The van der Waals surface area contributed by atoms with Gasteiger partial charge in [0.1, 0.15) is 5.41 Å². The molecule has 0 amide bonds. The zero-order valence-electron chi connectivity index (χ0n) is 12.1. The molecule has 1 unspecified atom stereocenters. The van der Waals surface area contributed by atoms with Crippen LogP contribution in [0.4, 0.5) is 5.69 Å². The molecule has 0 radical (unpaired) electrons. The van der Waals surface area contributed by atoms with Gasteiger partial charge in [-0.1, -0.05) is 42.5 Å². The van der Waals surface area contributed by atoms with Gasteiger partial charge in [-0.05, 0) is 30.2 Å². The average molecular weight is 295 g/mol. The van der Waals surface area contributed by atoms with Gasteiger partial charge in [0, 0.05) is 6.42 Å². The summed E-state index contributed by atoms with van der Waals surface area (Å²) in [6.45, 7) is 1.40. The summed E-state index contributed by atoms with van der Waals surface area (Å²) in [5.41, 5.74) is 0.195. The summed E-state index contributed by atoms with van der Waals surface area (Å²) in [4.78, 5) is 12.2. The van der Waals surface area contributed by atoms with Crippen LogP contribution in [0.3, 0.4) is 0 Å². The quantitative estimate of drug-likeness (QED) is 0.857. The average Bonchev–Trinajstić information content (AvgIpc) is 2.53. The maximum absolute atomic E-state index is 12.2. The molecule has 0 aliphatic rings. The van der Waals surface area contributed by atoms with Crippen molar-refractivity contribution in [2.75, 3.05) is 5.23 Å². The maximum atomic E-state index is 12.2. The van der Waals surface area contributed by atoms with Crippen LogP contribution in [0.5, 0.6) is 0 Å². The molecule has 2 aromatic carbocycles. The third-order valence-electron chi connectivity index (χ3n) is 3.68. The van der Waals surface area contributed by atoms with Gasteiger partial charge in [0.05, 0.1) is 11.8 Å². The van der Waals surface area contributed by atoms with E-state index in [0.717, 1.165) is 5.56 Å². The summed E-state index contributed by atoms with van der Waals surface area (Å²) in [6.07, 6.45) is 0.202. The normalized spacial score (nSPS) is 13.0. The Balaban J connectivity index is 2.40. The zero-order valence-corrected chi connectivity index (χ0v) is 12.1. The molecule has 0 saturated carbocycles. The first-order valence-corrected chi connectivity index (χ1v) is 6.72. The van der Waals surface area contributed by atoms with Crippen molar-refractivity contribution >= 4 is 11.5 Å². The van der Waals surface area contributed by atoms with Gasteiger partial charge in [0.25, 0.3) is 0 Å². The van der Waals surface area contributed by atoms with Gasteiger partial charge in [-0.2, -0.15) is 5.26 Å². The molecule has 0 aromatic heterocycles. The molecule has 0 aliphatic carbocycles. The smallest absolute Gasteiger partial charge is 0.154 e. The van der Waals surface area contributed by atoms with Crippen LogP contribution in [0.25, 0.3) is 0 Å². The van der Waals surface area contributed by atoms with Crippen LogP contribution in [0.2, 0.25) is 0 Å². The molecular weight excluding hydrogens is 280 g/mol. The first-order chi connectivity index (χ1) is 10.5. The Kier molecular flexibility index (Phi) is 4.56. The Morgan fingerprint density at radius 1 is 1.23 bits per heavy atom. The van der Waals surface area contributed by atoms with E-state index in [1.807, 2.05) is 6.07 Å². The lowest BCUT2D eigenvalue weighted by Crippen LogP contribution is -2.35. The van der Waals surface area contributed by atoms with Crippen LogP contribution >= 0.6 is 0 Å². The minimum Gasteiger partial charge on any atom is -0.733 e. The van der Waals surface area contributed by atoms with Crippen LogP contribution in [0, 0.1) is 16.5 Å². The fourth-order valence-electron chi connectivity index (χ4n) is 2.38. The Labute approximate surface area is 128 Å². The highest BCUT2D eigenvalue weighted by molar-refractivity contribution is 5.91. The number of hydrogen-bond donors (Lipinski definition) is 1. The third-order valence-corrected chi connectivity index (χ3v) is 3.68. The van der Waals surface area contributed by atoms with Crippen molar-refractivity contribution in [3.05, 3.63) is 70.9 Å². The molecule has 1 atom stereocenters. The fraction of sp³-hybridized carbons (Fsp3) is 0.176. The molecular formula is C17H15N2O3-. The zero-order chi connectivity index (χ0) is 16.2. The number of ketones is 1. The van der Waals surface area contributed by atoms with E-state index in [1.165, 1.54) is 19.1 Å². The van der Waals surface area contributed by atoms with Gasteiger partial charge in [0.15, 0.2) is 5.78 Å². The van der Waals surface area contributed by atoms with Gasteiger partial charge in [-0.15, -0.1) is 0 Å². The number of anilines is 1. The van der Waals surface area contributed by atoms with Crippen molar-refractivity contribution in [1.29, 1.82) is 5.26 Å². The highest BCUT2D eigenvalue weighted by Crippen LogP contribution is 2.30. The minimum atomic E-state index is -1.26. The molecule has 0 spiro atoms. The Morgan fingerprint density at radius 2 is 1.82 bits per heavy atom. The van der Waals surface area contributed by atoms with Crippen LogP contribution in [0.15, 0.2) is 54.6 Å². The van der Waals surface area contributed by atoms with Gasteiger partial charge in [0.2, 0.25) is 0 Å². The third kappa shape index (κ3) is 2.98. The summed E-state index contributed by atoms with van der Waals surface area (Å²) < 4.78 is 0. The van der Waals surface area contributed by atoms with Crippen molar-refractivity contribution in [3.63, 3.8) is 0 Å². The van der Waals surface area contributed by atoms with Crippen molar-refractivity contribution in [2.24, 2.45) is 0 Å². The van der Waals surface area contributed by atoms with Crippen molar-refractivity contribution < 1.29 is 10.0 Å².